The lowest BCUT2D eigenvalue weighted by molar-refractivity contribution is -0.113. The fourth-order valence-electron chi connectivity index (χ4n) is 2.81. The molecule has 0 N–H and O–H groups in total. The predicted molar refractivity (Wildman–Crippen MR) is 140 cm³/mol. The summed E-state index contributed by atoms with van der Waals surface area (Å²) in [6.07, 6.45) is 4.03. The van der Waals surface area contributed by atoms with E-state index in [9.17, 15) is 4.79 Å². The van der Waals surface area contributed by atoms with Gasteiger partial charge in [-0.05, 0) is 72.6 Å². The Morgan fingerprint density at radius 3 is 2.34 bits per heavy atom. The average Bonchev–Trinajstić information content (AvgIpc) is 2.71. The van der Waals surface area contributed by atoms with Gasteiger partial charge in [0.2, 0.25) is 0 Å². The molecule has 0 atom stereocenters. The van der Waals surface area contributed by atoms with Gasteiger partial charge in [0, 0.05) is 17.3 Å². The van der Waals surface area contributed by atoms with Crippen LogP contribution in [0, 0.1) is 25.2 Å². The molecule has 5 heteroatoms. The van der Waals surface area contributed by atoms with E-state index in [1.54, 1.807) is 11.1 Å². The molecule has 0 aliphatic rings. The minimum absolute atomic E-state index is 0.193. The van der Waals surface area contributed by atoms with Gasteiger partial charge in [-0.3, -0.25) is 9.69 Å². The molecule has 0 fully saturated rings. The van der Waals surface area contributed by atoms with Crippen LogP contribution >= 0.6 is 15.9 Å². The van der Waals surface area contributed by atoms with Gasteiger partial charge in [0.15, 0.2) is 0 Å². The van der Waals surface area contributed by atoms with Crippen LogP contribution in [0.1, 0.15) is 58.2 Å². The van der Waals surface area contributed by atoms with Crippen LogP contribution in [-0.4, -0.2) is 24.1 Å². The summed E-state index contributed by atoms with van der Waals surface area (Å²) < 4.78 is 6.48. The van der Waals surface area contributed by atoms with Gasteiger partial charge in [0.1, 0.15) is 5.82 Å². The molecule has 0 aliphatic carbocycles. The summed E-state index contributed by atoms with van der Waals surface area (Å²) in [7, 11) is 0. The lowest BCUT2D eigenvalue weighted by Crippen LogP contribution is -2.25. The van der Waals surface area contributed by atoms with Crippen LogP contribution in [0.15, 0.2) is 47.6 Å². The number of hydrogen-bond acceptors (Lipinski definition) is 3. The molecule has 0 spiro atoms. The van der Waals surface area contributed by atoms with E-state index in [-0.39, 0.29) is 5.91 Å². The largest absolute Gasteiger partial charge is 0.381 e. The van der Waals surface area contributed by atoms with E-state index >= 15 is 0 Å². The number of nitrogens with zero attached hydrogens (tertiary/aromatic N) is 2. The molecule has 1 aromatic carbocycles. The number of carbonyl (C=O) groups is 1. The van der Waals surface area contributed by atoms with Gasteiger partial charge >= 0.3 is 0 Å². The second-order valence-corrected chi connectivity index (χ2v) is 10.5. The Kier molecular flexibility index (Phi) is 11.3. The molecule has 0 unspecified atom stereocenters. The normalized spacial score (nSPS) is 11.1. The molecule has 176 valence electrons. The summed E-state index contributed by atoms with van der Waals surface area (Å²) in [5, 5.41) is 0. The molecular formula is C27H39BrN2O2. The first kappa shape index (κ1) is 28.1. The Morgan fingerprint density at radius 1 is 1.22 bits per heavy atom. The first-order valence-electron chi connectivity index (χ1n) is 11.2. The van der Waals surface area contributed by atoms with Crippen LogP contribution in [0.4, 0.5) is 11.5 Å². The number of pyridine rings is 1. The van der Waals surface area contributed by atoms with E-state index in [0.29, 0.717) is 17.2 Å². The fraction of sp³-hybridized carbons (Fsp3) is 0.481. The summed E-state index contributed by atoms with van der Waals surface area (Å²) in [6, 6.07) is 7.86. The van der Waals surface area contributed by atoms with Crippen molar-refractivity contribution in [2.24, 2.45) is 11.3 Å². The second-order valence-electron chi connectivity index (χ2n) is 9.61. The molecule has 2 aromatic rings. The highest BCUT2D eigenvalue weighted by Gasteiger charge is 2.19. The van der Waals surface area contributed by atoms with Crippen molar-refractivity contribution in [1.82, 2.24) is 4.98 Å². The van der Waals surface area contributed by atoms with Crippen molar-refractivity contribution < 1.29 is 9.53 Å². The molecule has 0 saturated heterocycles. The SMILES string of the molecule is C=CC(=O)N(c1ccc(CC)cn1)c1cc(C)c(Br)cc1C.CC(C)COCC(C)(C)C. The van der Waals surface area contributed by atoms with Gasteiger partial charge in [0.05, 0.1) is 12.3 Å². The fourth-order valence-corrected chi connectivity index (χ4v) is 3.27. The Labute approximate surface area is 203 Å². The molecule has 4 nitrogen and oxygen atoms in total. The van der Waals surface area contributed by atoms with E-state index in [4.69, 9.17) is 4.74 Å². The number of benzene rings is 1. The first-order chi connectivity index (χ1) is 14.9. The number of amides is 1. The maximum Gasteiger partial charge on any atom is 0.256 e. The van der Waals surface area contributed by atoms with Crippen LogP contribution < -0.4 is 4.90 Å². The van der Waals surface area contributed by atoms with Gasteiger partial charge in [0.25, 0.3) is 5.91 Å². The third-order valence-corrected chi connectivity index (χ3v) is 5.40. The number of ether oxygens (including phenoxy) is 1. The van der Waals surface area contributed by atoms with Crippen molar-refractivity contribution in [2.45, 2.75) is 61.8 Å². The summed E-state index contributed by atoms with van der Waals surface area (Å²) in [5.41, 5.74) is 4.33. The van der Waals surface area contributed by atoms with Crippen molar-refractivity contribution in [2.75, 3.05) is 18.1 Å². The van der Waals surface area contributed by atoms with Gasteiger partial charge < -0.3 is 4.74 Å². The summed E-state index contributed by atoms with van der Waals surface area (Å²) in [6.45, 7) is 22.3. The van der Waals surface area contributed by atoms with Crippen molar-refractivity contribution in [3.05, 3.63) is 64.3 Å². The van der Waals surface area contributed by atoms with E-state index in [1.165, 1.54) is 6.08 Å². The maximum absolute atomic E-state index is 12.4. The number of halogens is 1. The van der Waals surface area contributed by atoms with Crippen molar-refractivity contribution in [1.29, 1.82) is 0 Å². The van der Waals surface area contributed by atoms with Crippen molar-refractivity contribution >= 4 is 33.3 Å². The van der Waals surface area contributed by atoms with Crippen molar-refractivity contribution in [3.8, 4) is 0 Å². The van der Waals surface area contributed by atoms with Crippen LogP contribution in [-0.2, 0) is 16.0 Å². The third-order valence-electron chi connectivity index (χ3n) is 4.55. The van der Waals surface area contributed by atoms with Crippen LogP contribution in [0.5, 0.6) is 0 Å². The minimum atomic E-state index is -0.193. The molecule has 2 rings (SSSR count). The number of carbonyl (C=O) groups excluding carboxylic acids is 1. The highest BCUT2D eigenvalue weighted by Crippen LogP contribution is 2.32. The van der Waals surface area contributed by atoms with E-state index in [0.717, 1.165) is 46.5 Å². The molecule has 1 amide bonds. The van der Waals surface area contributed by atoms with E-state index < -0.39 is 0 Å². The standard InChI is InChI=1S/C18H19BrN2O.C9H20O/c1-5-14-7-8-17(20-11-14)21(18(22)6-2)16-10-12(3)15(19)9-13(16)4;1-8(2)6-10-7-9(3,4)5/h6-11H,2,5H2,1,3-4H3;8H,6-7H2,1-5H3. The third kappa shape index (κ3) is 9.25. The van der Waals surface area contributed by atoms with Crippen molar-refractivity contribution in [3.63, 3.8) is 0 Å². The minimum Gasteiger partial charge on any atom is -0.381 e. The Hall–Kier alpha value is -1.98. The van der Waals surface area contributed by atoms with Gasteiger partial charge in [-0.15, -0.1) is 0 Å². The molecule has 0 bridgehead atoms. The predicted octanol–water partition coefficient (Wildman–Crippen LogP) is 7.58. The summed E-state index contributed by atoms with van der Waals surface area (Å²) in [5.74, 6) is 1.07. The zero-order valence-corrected chi connectivity index (χ0v) is 22.5. The number of aromatic nitrogens is 1. The Morgan fingerprint density at radius 2 is 1.88 bits per heavy atom. The number of rotatable bonds is 7. The second kappa shape index (κ2) is 12.9. The molecule has 0 radical (unpaired) electrons. The zero-order chi connectivity index (χ0) is 24.5. The van der Waals surface area contributed by atoms with E-state index in [2.05, 4.69) is 69.0 Å². The lowest BCUT2D eigenvalue weighted by atomic mass is 9.99. The topological polar surface area (TPSA) is 42.4 Å². The highest BCUT2D eigenvalue weighted by molar-refractivity contribution is 9.10. The van der Waals surface area contributed by atoms with Crippen LogP contribution in [0.3, 0.4) is 0 Å². The lowest BCUT2D eigenvalue weighted by Gasteiger charge is -2.23. The molecule has 0 saturated carbocycles. The van der Waals surface area contributed by atoms with Crippen LogP contribution in [0.25, 0.3) is 0 Å². The number of aryl methyl sites for hydroxylation is 3. The zero-order valence-electron chi connectivity index (χ0n) is 21.0. The van der Waals surface area contributed by atoms with Gasteiger partial charge in [-0.1, -0.05) is 70.1 Å². The highest BCUT2D eigenvalue weighted by atomic mass is 79.9. The number of anilines is 2. The quantitative estimate of drug-likeness (QED) is 0.366. The van der Waals surface area contributed by atoms with Gasteiger partial charge in [-0.2, -0.15) is 0 Å². The Balaban J connectivity index is 0.000000433. The van der Waals surface area contributed by atoms with Gasteiger partial charge in [-0.25, -0.2) is 4.98 Å². The van der Waals surface area contributed by atoms with Crippen LogP contribution in [0.2, 0.25) is 0 Å². The smallest absolute Gasteiger partial charge is 0.256 e. The molecule has 0 aliphatic heterocycles. The average molecular weight is 504 g/mol. The maximum atomic E-state index is 12.4. The Bertz CT molecular complexity index is 884. The van der Waals surface area contributed by atoms with E-state index in [1.807, 2.05) is 38.1 Å². The summed E-state index contributed by atoms with van der Waals surface area (Å²) >= 11 is 3.52. The molecule has 32 heavy (non-hydrogen) atoms. The molecular weight excluding hydrogens is 464 g/mol. The molecule has 1 heterocycles. The number of hydrogen-bond donors (Lipinski definition) is 0. The summed E-state index contributed by atoms with van der Waals surface area (Å²) in [4.78, 5) is 18.4. The monoisotopic (exact) mass is 502 g/mol. The molecule has 1 aromatic heterocycles. The first-order valence-corrected chi connectivity index (χ1v) is 11.9.